The average Bonchev–Trinajstić information content (AvgIpc) is 3.33. The maximum Gasteiger partial charge on any atom is 0.311 e. The van der Waals surface area contributed by atoms with E-state index in [1.807, 2.05) is 6.92 Å². The van der Waals surface area contributed by atoms with Crippen molar-refractivity contribution in [1.29, 1.82) is 0 Å². The number of carboxylic acids is 1. The van der Waals surface area contributed by atoms with E-state index in [4.69, 9.17) is 0 Å². The van der Waals surface area contributed by atoms with Crippen molar-refractivity contribution < 1.29 is 24.6 Å². The van der Waals surface area contributed by atoms with Crippen LogP contribution in [0.25, 0.3) is 0 Å². The van der Waals surface area contributed by atoms with E-state index in [1.165, 1.54) is 11.1 Å². The van der Waals surface area contributed by atoms with Gasteiger partial charge in [-0.2, -0.15) is 5.10 Å². The van der Waals surface area contributed by atoms with Gasteiger partial charge in [0.25, 0.3) is 5.91 Å². The monoisotopic (exact) mass is 401 g/mol. The van der Waals surface area contributed by atoms with E-state index >= 15 is 0 Å². The third-order valence-electron chi connectivity index (χ3n) is 8.11. The molecule has 8 heteroatoms. The lowest BCUT2D eigenvalue weighted by atomic mass is 9.60. The molecular formula is C21H27N3O5. The maximum atomic E-state index is 14.0. The SMILES string of the molecule is C[C@H]1C=CC2CCCCC2C1C(=O)C12NN=CC1[C@]1(O)[C@H](C(=O)O)CCN1C2=O. The number of rotatable bonds is 3. The minimum atomic E-state index is -1.93. The molecule has 3 fully saturated rings. The Labute approximate surface area is 169 Å². The van der Waals surface area contributed by atoms with Crippen LogP contribution in [0.15, 0.2) is 17.3 Å². The zero-order valence-corrected chi connectivity index (χ0v) is 16.5. The van der Waals surface area contributed by atoms with Crippen molar-refractivity contribution in [2.24, 2.45) is 40.6 Å². The Morgan fingerprint density at radius 1 is 1.24 bits per heavy atom. The fourth-order valence-corrected chi connectivity index (χ4v) is 6.72. The van der Waals surface area contributed by atoms with Crippen molar-refractivity contribution >= 4 is 23.9 Å². The molecule has 5 rings (SSSR count). The topological polar surface area (TPSA) is 119 Å². The molecule has 0 aromatic heterocycles. The third kappa shape index (κ3) is 2.18. The van der Waals surface area contributed by atoms with Crippen molar-refractivity contribution in [3.05, 3.63) is 12.2 Å². The summed E-state index contributed by atoms with van der Waals surface area (Å²) in [4.78, 5) is 40.6. The van der Waals surface area contributed by atoms with Gasteiger partial charge in [0.15, 0.2) is 11.5 Å². The van der Waals surface area contributed by atoms with Crippen LogP contribution in [0.3, 0.4) is 0 Å². The molecule has 1 amide bonds. The number of aliphatic carboxylic acids is 1. The molecule has 3 heterocycles. The number of Topliss-reactive ketones (excluding diaryl/α,β-unsaturated/α-hetero) is 1. The van der Waals surface area contributed by atoms with E-state index in [0.29, 0.717) is 5.92 Å². The van der Waals surface area contributed by atoms with E-state index in [9.17, 15) is 24.6 Å². The summed E-state index contributed by atoms with van der Waals surface area (Å²) in [7, 11) is 0. The predicted molar refractivity (Wildman–Crippen MR) is 103 cm³/mol. The first kappa shape index (κ1) is 18.8. The van der Waals surface area contributed by atoms with Gasteiger partial charge in [0.1, 0.15) is 5.92 Å². The second kappa shape index (κ2) is 6.14. The molecular weight excluding hydrogens is 374 g/mol. The molecule has 2 saturated heterocycles. The molecule has 0 radical (unpaired) electrons. The highest BCUT2D eigenvalue weighted by Crippen LogP contribution is 2.54. The largest absolute Gasteiger partial charge is 0.481 e. The van der Waals surface area contributed by atoms with Gasteiger partial charge in [-0.25, -0.2) is 0 Å². The van der Waals surface area contributed by atoms with Crippen LogP contribution < -0.4 is 5.43 Å². The minimum Gasteiger partial charge on any atom is -0.481 e. The molecule has 3 aliphatic heterocycles. The summed E-state index contributed by atoms with van der Waals surface area (Å²) in [6.45, 7) is 2.13. The van der Waals surface area contributed by atoms with Gasteiger partial charge < -0.3 is 15.1 Å². The van der Waals surface area contributed by atoms with Crippen molar-refractivity contribution in [2.45, 2.75) is 50.3 Å². The lowest BCUT2D eigenvalue weighted by Gasteiger charge is -2.43. The van der Waals surface area contributed by atoms with Gasteiger partial charge >= 0.3 is 5.97 Å². The molecule has 8 atom stereocenters. The van der Waals surface area contributed by atoms with Crippen molar-refractivity contribution in [1.82, 2.24) is 10.3 Å². The molecule has 3 N–H and O–H groups in total. The predicted octanol–water partition coefficient (Wildman–Crippen LogP) is 0.763. The first-order valence-corrected chi connectivity index (χ1v) is 10.6. The molecule has 0 bridgehead atoms. The van der Waals surface area contributed by atoms with Crippen LogP contribution in [-0.2, 0) is 14.4 Å². The number of carbonyl (C=O) groups is 3. The summed E-state index contributed by atoms with van der Waals surface area (Å²) in [5.74, 6) is -3.95. The van der Waals surface area contributed by atoms with Gasteiger partial charge in [-0.1, -0.05) is 31.9 Å². The highest BCUT2D eigenvalue weighted by molar-refractivity contribution is 6.17. The van der Waals surface area contributed by atoms with E-state index in [1.54, 1.807) is 0 Å². The summed E-state index contributed by atoms with van der Waals surface area (Å²) in [5, 5.41) is 25.1. The molecule has 0 aromatic carbocycles. The smallest absolute Gasteiger partial charge is 0.311 e. The number of carbonyl (C=O) groups excluding carboxylic acids is 2. The van der Waals surface area contributed by atoms with Crippen LogP contribution in [-0.4, -0.2) is 56.8 Å². The van der Waals surface area contributed by atoms with E-state index in [-0.39, 0.29) is 36.5 Å². The second-order valence-electron chi connectivity index (χ2n) is 9.34. The van der Waals surface area contributed by atoms with Crippen molar-refractivity contribution in [2.75, 3.05) is 6.54 Å². The summed E-state index contributed by atoms with van der Waals surface area (Å²) >= 11 is 0. The number of aliphatic hydroxyl groups is 1. The number of carboxylic acid groups (broad SMARTS) is 1. The van der Waals surface area contributed by atoms with Crippen molar-refractivity contribution in [3.8, 4) is 0 Å². The number of nitrogens with one attached hydrogen (secondary N) is 1. The number of amides is 1. The number of fused-ring (bicyclic) bond motifs is 4. The zero-order chi connectivity index (χ0) is 20.6. The summed E-state index contributed by atoms with van der Waals surface area (Å²) < 4.78 is 0. The standard InChI is InChI=1S/C21H27N3O5/c1-11-6-7-12-4-2-3-5-13(12)16(11)17(25)20-15(10-22-23-20)21(29)14(18(26)27)8-9-24(21)19(20)28/h6-7,10-16,23,29H,2-5,8-9H2,1H3,(H,26,27)/t11-,12?,13?,14-,15?,16?,20?,21+/m0/s1. The molecule has 0 spiro atoms. The van der Waals surface area contributed by atoms with Gasteiger partial charge in [-0.05, 0) is 37.0 Å². The first-order valence-electron chi connectivity index (χ1n) is 10.6. The minimum absolute atomic E-state index is 0.0209. The Bertz CT molecular complexity index is 840. The molecule has 8 nitrogen and oxygen atoms in total. The average molecular weight is 401 g/mol. The number of hydrogen-bond acceptors (Lipinski definition) is 6. The van der Waals surface area contributed by atoms with Gasteiger partial charge in [-0.15, -0.1) is 0 Å². The van der Waals surface area contributed by atoms with Crippen molar-refractivity contribution in [3.63, 3.8) is 0 Å². The Morgan fingerprint density at radius 3 is 2.76 bits per heavy atom. The Morgan fingerprint density at radius 2 is 2.00 bits per heavy atom. The highest BCUT2D eigenvalue weighted by atomic mass is 16.4. The maximum absolute atomic E-state index is 14.0. The normalized spacial score (nSPS) is 47.5. The Kier molecular flexibility index (Phi) is 3.98. The number of allylic oxidation sites excluding steroid dienone is 2. The molecule has 156 valence electrons. The van der Waals surface area contributed by atoms with Crippen LogP contribution in [0.1, 0.15) is 39.0 Å². The van der Waals surface area contributed by atoms with E-state index < -0.39 is 35.0 Å². The summed E-state index contributed by atoms with van der Waals surface area (Å²) in [5.41, 5.74) is -0.865. The summed E-state index contributed by atoms with van der Waals surface area (Å²) in [6.07, 6.45) is 10.0. The summed E-state index contributed by atoms with van der Waals surface area (Å²) in [6, 6.07) is 0. The number of ketones is 1. The first-order chi connectivity index (χ1) is 13.8. The van der Waals surface area contributed by atoms with Crippen LogP contribution in [0.2, 0.25) is 0 Å². The molecule has 29 heavy (non-hydrogen) atoms. The number of hydrazone groups is 1. The van der Waals surface area contributed by atoms with Gasteiger partial charge in [-0.3, -0.25) is 19.8 Å². The van der Waals surface area contributed by atoms with Crippen LogP contribution in [0.5, 0.6) is 0 Å². The van der Waals surface area contributed by atoms with Gasteiger partial charge in [0.2, 0.25) is 5.54 Å². The quantitative estimate of drug-likeness (QED) is 0.475. The Balaban J connectivity index is 1.57. The lowest BCUT2D eigenvalue weighted by Crippen LogP contribution is -2.62. The molecule has 5 aliphatic rings. The molecule has 1 saturated carbocycles. The van der Waals surface area contributed by atoms with E-state index in [2.05, 4.69) is 22.7 Å². The third-order valence-corrected chi connectivity index (χ3v) is 8.11. The molecule has 5 unspecified atom stereocenters. The van der Waals surface area contributed by atoms with E-state index in [0.717, 1.165) is 25.7 Å². The van der Waals surface area contributed by atoms with Gasteiger partial charge in [0, 0.05) is 18.7 Å². The Hall–Kier alpha value is -2.22. The van der Waals surface area contributed by atoms with Crippen LogP contribution >= 0.6 is 0 Å². The zero-order valence-electron chi connectivity index (χ0n) is 16.5. The van der Waals surface area contributed by atoms with Crippen LogP contribution in [0, 0.1) is 35.5 Å². The fraction of sp³-hybridized carbons (Fsp3) is 0.714. The fourth-order valence-electron chi connectivity index (χ4n) is 6.72. The molecule has 2 aliphatic carbocycles. The highest BCUT2D eigenvalue weighted by Gasteiger charge is 2.76. The second-order valence-corrected chi connectivity index (χ2v) is 9.34. The molecule has 0 aromatic rings. The lowest BCUT2D eigenvalue weighted by molar-refractivity contribution is -0.164. The number of nitrogens with zero attached hydrogens (tertiary/aromatic N) is 2. The van der Waals surface area contributed by atoms with Crippen LogP contribution in [0.4, 0.5) is 0 Å². The number of hydrogen-bond donors (Lipinski definition) is 3. The van der Waals surface area contributed by atoms with Gasteiger partial charge in [0.05, 0.1) is 5.92 Å².